The average molecular weight is 320 g/mol. The first kappa shape index (κ1) is 17.5. The zero-order valence-corrected chi connectivity index (χ0v) is 14.6. The Bertz CT molecular complexity index is 492. The fourth-order valence-electron chi connectivity index (χ4n) is 2.89. The van der Waals surface area contributed by atoms with Gasteiger partial charge in [0.2, 0.25) is 0 Å². The van der Waals surface area contributed by atoms with Crippen LogP contribution in [0.3, 0.4) is 0 Å². The van der Waals surface area contributed by atoms with Crippen LogP contribution in [-0.2, 0) is 11.3 Å². The van der Waals surface area contributed by atoms with Crippen molar-refractivity contribution in [3.8, 4) is 0 Å². The Kier molecular flexibility index (Phi) is 6.21. The molecule has 2 unspecified atom stereocenters. The first-order valence-corrected chi connectivity index (χ1v) is 8.41. The topological polar surface area (TPSA) is 57.7 Å². The Morgan fingerprint density at radius 1 is 1.30 bits per heavy atom. The molecule has 1 aliphatic rings. The molecule has 6 heteroatoms. The molecule has 1 N–H and O–H groups in total. The minimum absolute atomic E-state index is 0.0418. The van der Waals surface area contributed by atoms with E-state index in [4.69, 9.17) is 4.74 Å². The quantitative estimate of drug-likeness (QED) is 0.904. The molecule has 6 nitrogen and oxygen atoms in total. The molecule has 0 aromatic carbocycles. The van der Waals surface area contributed by atoms with Gasteiger partial charge in [-0.25, -0.2) is 9.78 Å². The Morgan fingerprint density at radius 2 is 1.96 bits per heavy atom. The Morgan fingerprint density at radius 3 is 2.48 bits per heavy atom. The van der Waals surface area contributed by atoms with Crippen LogP contribution < -0.4 is 10.2 Å². The lowest BCUT2D eigenvalue weighted by Crippen LogP contribution is -2.51. The van der Waals surface area contributed by atoms with Crippen molar-refractivity contribution in [2.75, 3.05) is 31.1 Å². The van der Waals surface area contributed by atoms with E-state index < -0.39 is 0 Å². The van der Waals surface area contributed by atoms with E-state index >= 15 is 0 Å². The highest BCUT2D eigenvalue weighted by Gasteiger charge is 2.25. The van der Waals surface area contributed by atoms with Gasteiger partial charge in [-0.3, -0.25) is 0 Å². The summed E-state index contributed by atoms with van der Waals surface area (Å²) in [5.74, 6) is 0.973. The van der Waals surface area contributed by atoms with Gasteiger partial charge in [-0.15, -0.1) is 0 Å². The molecular formula is C17H28N4O2. The van der Waals surface area contributed by atoms with Gasteiger partial charge in [0.15, 0.2) is 0 Å². The molecule has 1 aliphatic heterocycles. The maximum Gasteiger partial charge on any atom is 0.317 e. The second-order valence-electron chi connectivity index (χ2n) is 6.02. The van der Waals surface area contributed by atoms with Gasteiger partial charge in [-0.05, 0) is 39.3 Å². The number of morpholine rings is 1. The number of hydrogen-bond donors (Lipinski definition) is 1. The Hall–Kier alpha value is -1.82. The van der Waals surface area contributed by atoms with Crippen molar-refractivity contribution in [1.82, 2.24) is 15.2 Å². The molecule has 0 spiro atoms. The van der Waals surface area contributed by atoms with Crippen LogP contribution in [0.15, 0.2) is 18.3 Å². The van der Waals surface area contributed by atoms with Crippen molar-refractivity contribution in [3.05, 3.63) is 23.9 Å². The molecule has 2 heterocycles. The third kappa shape index (κ3) is 4.82. The summed E-state index contributed by atoms with van der Waals surface area (Å²) in [7, 11) is 0. The van der Waals surface area contributed by atoms with Crippen LogP contribution in [0, 0.1) is 0 Å². The van der Waals surface area contributed by atoms with E-state index in [0.29, 0.717) is 19.6 Å². The molecule has 23 heavy (non-hydrogen) atoms. The molecule has 128 valence electrons. The first-order valence-electron chi connectivity index (χ1n) is 8.41. The number of nitrogens with one attached hydrogen (secondary N) is 1. The normalized spacial score (nSPS) is 21.1. The summed E-state index contributed by atoms with van der Waals surface area (Å²) in [5, 5.41) is 2.96. The summed E-state index contributed by atoms with van der Waals surface area (Å²) in [6, 6.07) is 3.98. The molecule has 2 rings (SSSR count). The highest BCUT2D eigenvalue weighted by Crippen LogP contribution is 2.12. The van der Waals surface area contributed by atoms with Crippen molar-refractivity contribution in [2.45, 2.75) is 46.4 Å². The monoisotopic (exact) mass is 320 g/mol. The van der Waals surface area contributed by atoms with E-state index in [1.54, 1.807) is 0 Å². The van der Waals surface area contributed by atoms with E-state index in [9.17, 15) is 4.79 Å². The lowest BCUT2D eigenvalue weighted by Gasteiger charge is -2.35. The van der Waals surface area contributed by atoms with Gasteiger partial charge < -0.3 is 19.9 Å². The number of hydrogen-bond acceptors (Lipinski definition) is 4. The SMILES string of the molecule is CCN(CC)c1ccc(CNC(=O)N2CC(C)OC(C)C2)cn1. The van der Waals surface area contributed by atoms with Crippen molar-refractivity contribution in [2.24, 2.45) is 0 Å². The lowest BCUT2D eigenvalue weighted by molar-refractivity contribution is -0.0545. The fraction of sp³-hybridized carbons (Fsp3) is 0.647. The van der Waals surface area contributed by atoms with E-state index in [0.717, 1.165) is 24.5 Å². The van der Waals surface area contributed by atoms with Crippen LogP contribution in [0.4, 0.5) is 10.6 Å². The number of urea groups is 1. The third-order valence-electron chi connectivity index (χ3n) is 4.05. The Balaban J connectivity index is 1.86. The fourth-order valence-corrected chi connectivity index (χ4v) is 2.89. The number of anilines is 1. The number of aromatic nitrogens is 1. The van der Waals surface area contributed by atoms with E-state index in [1.165, 1.54) is 0 Å². The highest BCUT2D eigenvalue weighted by molar-refractivity contribution is 5.74. The van der Waals surface area contributed by atoms with Crippen molar-refractivity contribution in [1.29, 1.82) is 0 Å². The summed E-state index contributed by atoms with van der Waals surface area (Å²) in [4.78, 5) is 20.7. The largest absolute Gasteiger partial charge is 0.372 e. The number of pyridine rings is 1. The minimum atomic E-state index is -0.0418. The average Bonchev–Trinajstić information content (AvgIpc) is 2.54. The molecule has 0 bridgehead atoms. The van der Waals surface area contributed by atoms with Crippen LogP contribution in [0.1, 0.15) is 33.3 Å². The lowest BCUT2D eigenvalue weighted by atomic mass is 10.2. The van der Waals surface area contributed by atoms with E-state index in [1.807, 2.05) is 37.1 Å². The highest BCUT2D eigenvalue weighted by atomic mass is 16.5. The number of carbonyl (C=O) groups is 1. The molecule has 2 amide bonds. The second kappa shape index (κ2) is 8.15. The number of nitrogens with zero attached hydrogens (tertiary/aromatic N) is 3. The van der Waals surface area contributed by atoms with Crippen LogP contribution in [0.5, 0.6) is 0 Å². The predicted molar refractivity (Wildman–Crippen MR) is 91.6 cm³/mol. The van der Waals surface area contributed by atoms with Crippen molar-refractivity contribution in [3.63, 3.8) is 0 Å². The maximum absolute atomic E-state index is 12.3. The molecule has 1 fully saturated rings. The van der Waals surface area contributed by atoms with Gasteiger partial charge in [-0.1, -0.05) is 6.07 Å². The van der Waals surface area contributed by atoms with Gasteiger partial charge in [0, 0.05) is 38.9 Å². The first-order chi connectivity index (χ1) is 11.0. The zero-order chi connectivity index (χ0) is 16.8. The van der Waals surface area contributed by atoms with Gasteiger partial charge in [0.1, 0.15) is 5.82 Å². The van der Waals surface area contributed by atoms with Gasteiger partial charge in [0.05, 0.1) is 12.2 Å². The summed E-state index contributed by atoms with van der Waals surface area (Å²) in [6.07, 6.45) is 2.00. The third-order valence-corrected chi connectivity index (χ3v) is 4.05. The van der Waals surface area contributed by atoms with E-state index in [-0.39, 0.29) is 18.2 Å². The summed E-state index contributed by atoms with van der Waals surface area (Å²) in [6.45, 7) is 11.8. The smallest absolute Gasteiger partial charge is 0.317 e. The van der Waals surface area contributed by atoms with Crippen LogP contribution in [-0.4, -0.2) is 54.3 Å². The van der Waals surface area contributed by atoms with Crippen LogP contribution >= 0.6 is 0 Å². The summed E-state index contributed by atoms with van der Waals surface area (Å²) in [5.41, 5.74) is 1.00. The number of carbonyl (C=O) groups excluding carboxylic acids is 1. The van der Waals surface area contributed by atoms with Gasteiger partial charge >= 0.3 is 6.03 Å². The van der Waals surface area contributed by atoms with E-state index in [2.05, 4.69) is 29.0 Å². The van der Waals surface area contributed by atoms with Crippen LogP contribution in [0.2, 0.25) is 0 Å². The molecule has 2 atom stereocenters. The predicted octanol–water partition coefficient (Wildman–Crippen LogP) is 2.25. The maximum atomic E-state index is 12.3. The van der Waals surface area contributed by atoms with Crippen LogP contribution in [0.25, 0.3) is 0 Å². The molecule has 1 aromatic rings. The number of ether oxygens (including phenoxy) is 1. The zero-order valence-electron chi connectivity index (χ0n) is 14.6. The second-order valence-corrected chi connectivity index (χ2v) is 6.02. The number of rotatable bonds is 5. The molecule has 1 aromatic heterocycles. The molecular weight excluding hydrogens is 292 g/mol. The summed E-state index contributed by atoms with van der Waals surface area (Å²) < 4.78 is 5.65. The van der Waals surface area contributed by atoms with Gasteiger partial charge in [-0.2, -0.15) is 0 Å². The minimum Gasteiger partial charge on any atom is -0.372 e. The molecule has 0 aliphatic carbocycles. The van der Waals surface area contributed by atoms with Gasteiger partial charge in [0.25, 0.3) is 0 Å². The molecule has 0 radical (unpaired) electrons. The number of amides is 2. The standard InChI is InChI=1S/C17H28N4O2/c1-5-20(6-2)16-8-7-15(9-18-16)10-19-17(22)21-11-13(3)23-14(4)12-21/h7-9,13-14H,5-6,10-12H2,1-4H3,(H,19,22). The summed E-state index contributed by atoms with van der Waals surface area (Å²) >= 11 is 0. The Labute approximate surface area is 138 Å². The molecule has 0 saturated carbocycles. The molecule has 1 saturated heterocycles. The van der Waals surface area contributed by atoms with Crippen molar-refractivity contribution < 1.29 is 9.53 Å². The van der Waals surface area contributed by atoms with Crippen molar-refractivity contribution >= 4 is 11.8 Å².